The van der Waals surface area contributed by atoms with Crippen molar-refractivity contribution in [3.05, 3.63) is 60.3 Å². The zero-order valence-electron chi connectivity index (χ0n) is 10.2. The number of benzene rings is 1. The van der Waals surface area contributed by atoms with Crippen LogP contribution in [0, 0.1) is 0 Å². The number of rotatable bonds is 1. The fraction of sp³-hybridized carbons (Fsp3) is 0.0667. The molecular weight excluding hydrogens is 265 g/mol. The predicted molar refractivity (Wildman–Crippen MR) is 70.0 cm³/mol. The lowest BCUT2D eigenvalue weighted by atomic mass is 10.1. The molecule has 20 heavy (non-hydrogen) atoms. The summed E-state index contributed by atoms with van der Waals surface area (Å²) in [4.78, 5) is 8.14. The van der Waals surface area contributed by atoms with Crippen molar-refractivity contribution in [2.75, 3.05) is 0 Å². The maximum atomic E-state index is 13.2. The van der Waals surface area contributed by atoms with Crippen molar-refractivity contribution in [2.24, 2.45) is 0 Å². The largest absolute Gasteiger partial charge is 0.417 e. The second-order valence-electron chi connectivity index (χ2n) is 4.29. The van der Waals surface area contributed by atoms with Gasteiger partial charge in [0.15, 0.2) is 5.65 Å². The molecule has 0 N–H and O–H groups in total. The van der Waals surface area contributed by atoms with Crippen molar-refractivity contribution in [1.29, 1.82) is 0 Å². The molecule has 0 saturated heterocycles. The van der Waals surface area contributed by atoms with E-state index >= 15 is 0 Å². The third-order valence-corrected chi connectivity index (χ3v) is 2.96. The number of hydrogen-bond donors (Lipinski definition) is 0. The summed E-state index contributed by atoms with van der Waals surface area (Å²) in [5, 5.41) is 0.0136. The van der Waals surface area contributed by atoms with Crippen LogP contribution in [0.1, 0.15) is 5.56 Å². The minimum absolute atomic E-state index is 0.0136. The van der Waals surface area contributed by atoms with Gasteiger partial charge in [0.05, 0.1) is 11.3 Å². The Morgan fingerprint density at radius 2 is 1.65 bits per heavy atom. The highest BCUT2D eigenvalue weighted by atomic mass is 19.4. The topological polar surface area (TPSA) is 25.8 Å². The number of pyridine rings is 2. The third kappa shape index (κ3) is 2.22. The second-order valence-corrected chi connectivity index (χ2v) is 4.29. The molecule has 2 heterocycles. The summed E-state index contributed by atoms with van der Waals surface area (Å²) in [5.41, 5.74) is 0.283. The minimum Gasteiger partial charge on any atom is -0.237 e. The molecule has 3 rings (SSSR count). The number of halogens is 3. The molecular formula is C15H9F3N2. The van der Waals surface area contributed by atoms with Crippen LogP contribution < -0.4 is 0 Å². The highest BCUT2D eigenvalue weighted by molar-refractivity contribution is 5.82. The quantitative estimate of drug-likeness (QED) is 0.660. The molecule has 0 atom stereocenters. The SMILES string of the molecule is FC(F)(F)c1cc(-c2ccccc2)nc2ncccc12. The second kappa shape index (κ2) is 4.59. The molecule has 100 valence electrons. The summed E-state index contributed by atoms with van der Waals surface area (Å²) in [6.45, 7) is 0. The highest BCUT2D eigenvalue weighted by Crippen LogP contribution is 2.36. The van der Waals surface area contributed by atoms with Crippen LogP contribution in [0.3, 0.4) is 0 Å². The molecule has 0 bridgehead atoms. The lowest BCUT2D eigenvalue weighted by Gasteiger charge is -2.11. The van der Waals surface area contributed by atoms with E-state index in [1.165, 1.54) is 18.3 Å². The Labute approximate surface area is 112 Å². The van der Waals surface area contributed by atoms with Gasteiger partial charge in [0, 0.05) is 17.1 Å². The van der Waals surface area contributed by atoms with Crippen molar-refractivity contribution in [2.45, 2.75) is 6.18 Å². The Hall–Kier alpha value is -2.43. The smallest absolute Gasteiger partial charge is 0.237 e. The average molecular weight is 274 g/mol. The van der Waals surface area contributed by atoms with Crippen molar-refractivity contribution in [1.82, 2.24) is 9.97 Å². The van der Waals surface area contributed by atoms with Gasteiger partial charge in [-0.15, -0.1) is 0 Å². The molecule has 0 radical (unpaired) electrons. The molecule has 5 heteroatoms. The highest BCUT2D eigenvalue weighted by Gasteiger charge is 2.33. The van der Waals surface area contributed by atoms with Crippen molar-refractivity contribution >= 4 is 11.0 Å². The number of fused-ring (bicyclic) bond motifs is 1. The summed E-state index contributed by atoms with van der Waals surface area (Å²) in [6.07, 6.45) is -3.00. The first-order chi connectivity index (χ1) is 9.55. The Morgan fingerprint density at radius 1 is 0.900 bits per heavy atom. The lowest BCUT2D eigenvalue weighted by Crippen LogP contribution is -2.07. The van der Waals surface area contributed by atoms with Crippen LogP contribution >= 0.6 is 0 Å². The molecule has 3 aromatic rings. The van der Waals surface area contributed by atoms with Gasteiger partial charge in [-0.05, 0) is 18.2 Å². The lowest BCUT2D eigenvalue weighted by molar-refractivity contribution is -0.136. The van der Waals surface area contributed by atoms with Gasteiger partial charge in [-0.2, -0.15) is 13.2 Å². The van der Waals surface area contributed by atoms with Crippen LogP contribution in [0.15, 0.2) is 54.7 Å². The number of aromatic nitrogens is 2. The number of alkyl halides is 3. The maximum Gasteiger partial charge on any atom is 0.417 e. The van der Waals surface area contributed by atoms with Crippen LogP contribution in [0.25, 0.3) is 22.3 Å². The fourth-order valence-corrected chi connectivity index (χ4v) is 2.05. The van der Waals surface area contributed by atoms with E-state index in [0.29, 0.717) is 5.56 Å². The molecule has 0 amide bonds. The Balaban J connectivity index is 2.31. The minimum atomic E-state index is -4.44. The van der Waals surface area contributed by atoms with E-state index in [1.54, 1.807) is 30.3 Å². The molecule has 0 fully saturated rings. The molecule has 1 aromatic carbocycles. The summed E-state index contributed by atoms with van der Waals surface area (Å²) >= 11 is 0. The molecule has 0 unspecified atom stereocenters. The zero-order valence-corrected chi connectivity index (χ0v) is 10.2. The first-order valence-electron chi connectivity index (χ1n) is 5.94. The Bertz CT molecular complexity index is 752. The number of nitrogens with zero attached hydrogens (tertiary/aromatic N) is 2. The van der Waals surface area contributed by atoms with Crippen LogP contribution in [-0.4, -0.2) is 9.97 Å². The van der Waals surface area contributed by atoms with Crippen LogP contribution in [0.5, 0.6) is 0 Å². The van der Waals surface area contributed by atoms with Crippen LogP contribution in [-0.2, 0) is 6.18 Å². The van der Waals surface area contributed by atoms with Crippen molar-refractivity contribution in [3.8, 4) is 11.3 Å². The standard InChI is InChI=1S/C15H9F3N2/c16-15(17,18)12-9-13(10-5-2-1-3-6-10)20-14-11(12)7-4-8-19-14/h1-9H. The Kier molecular flexibility index (Phi) is 2.89. The first kappa shape index (κ1) is 12.6. The van der Waals surface area contributed by atoms with Gasteiger partial charge in [-0.1, -0.05) is 30.3 Å². The monoisotopic (exact) mass is 274 g/mol. The van der Waals surface area contributed by atoms with E-state index in [1.807, 2.05) is 0 Å². The normalized spacial score (nSPS) is 11.8. The predicted octanol–water partition coefficient (Wildman–Crippen LogP) is 4.32. The van der Waals surface area contributed by atoms with E-state index < -0.39 is 11.7 Å². The van der Waals surface area contributed by atoms with E-state index in [0.717, 1.165) is 6.07 Å². The van der Waals surface area contributed by atoms with Crippen molar-refractivity contribution < 1.29 is 13.2 Å². The average Bonchev–Trinajstić information content (AvgIpc) is 2.46. The molecule has 0 aliphatic carbocycles. The molecule has 0 saturated carbocycles. The summed E-state index contributed by atoms with van der Waals surface area (Å²) in [6, 6.07) is 12.7. The third-order valence-electron chi connectivity index (χ3n) is 2.96. The zero-order chi connectivity index (χ0) is 14.2. The van der Waals surface area contributed by atoms with Gasteiger partial charge < -0.3 is 0 Å². The van der Waals surface area contributed by atoms with Gasteiger partial charge in [0.25, 0.3) is 0 Å². The first-order valence-corrected chi connectivity index (χ1v) is 5.94. The molecule has 0 spiro atoms. The van der Waals surface area contributed by atoms with E-state index in [4.69, 9.17) is 0 Å². The molecule has 2 nitrogen and oxygen atoms in total. The van der Waals surface area contributed by atoms with E-state index in [2.05, 4.69) is 9.97 Å². The van der Waals surface area contributed by atoms with Crippen LogP contribution in [0.4, 0.5) is 13.2 Å². The Morgan fingerprint density at radius 3 is 2.35 bits per heavy atom. The maximum absolute atomic E-state index is 13.2. The van der Waals surface area contributed by atoms with E-state index in [9.17, 15) is 13.2 Å². The number of hydrogen-bond acceptors (Lipinski definition) is 2. The van der Waals surface area contributed by atoms with Gasteiger partial charge in [0.2, 0.25) is 0 Å². The van der Waals surface area contributed by atoms with Gasteiger partial charge in [0.1, 0.15) is 0 Å². The van der Waals surface area contributed by atoms with E-state index in [-0.39, 0.29) is 16.7 Å². The molecule has 0 aliphatic heterocycles. The summed E-state index contributed by atoms with van der Waals surface area (Å²) < 4.78 is 39.5. The molecule has 0 aliphatic rings. The van der Waals surface area contributed by atoms with Crippen LogP contribution in [0.2, 0.25) is 0 Å². The summed E-state index contributed by atoms with van der Waals surface area (Å²) in [7, 11) is 0. The van der Waals surface area contributed by atoms with Gasteiger partial charge in [-0.3, -0.25) is 0 Å². The van der Waals surface area contributed by atoms with Gasteiger partial charge in [-0.25, -0.2) is 9.97 Å². The molecule has 2 aromatic heterocycles. The summed E-state index contributed by atoms with van der Waals surface area (Å²) in [5.74, 6) is 0. The van der Waals surface area contributed by atoms with Gasteiger partial charge >= 0.3 is 6.18 Å². The fourth-order valence-electron chi connectivity index (χ4n) is 2.05. The van der Waals surface area contributed by atoms with Crippen molar-refractivity contribution in [3.63, 3.8) is 0 Å².